The molecule has 0 atom stereocenters. The van der Waals surface area contributed by atoms with Crippen molar-refractivity contribution in [3.05, 3.63) is 0 Å². The summed E-state index contributed by atoms with van der Waals surface area (Å²) in [4.78, 5) is 21.7. The average molecular weight is 349 g/mol. The van der Waals surface area contributed by atoms with Crippen LogP contribution >= 0.6 is 0 Å². The fourth-order valence-corrected chi connectivity index (χ4v) is 2.39. The van der Waals surface area contributed by atoms with Crippen LogP contribution in [0.2, 0.25) is 0 Å². The van der Waals surface area contributed by atoms with E-state index in [4.69, 9.17) is 9.84 Å². The number of hydrogen-bond donors (Lipinski definition) is 3. The van der Waals surface area contributed by atoms with Crippen LogP contribution in [-0.4, -0.2) is 23.7 Å². The summed E-state index contributed by atoms with van der Waals surface area (Å²) in [6.07, 6.45) is 14.3. The van der Waals surface area contributed by atoms with Gasteiger partial charge in [0.25, 0.3) is 0 Å². The van der Waals surface area contributed by atoms with Crippen molar-refractivity contribution in [1.82, 2.24) is 12.3 Å². The number of carboxylic acids is 1. The van der Waals surface area contributed by atoms with Crippen LogP contribution in [0, 0.1) is 0 Å². The zero-order valence-corrected chi connectivity index (χ0v) is 15.7. The van der Waals surface area contributed by atoms with Gasteiger partial charge in [-0.2, -0.15) is 0 Å². The topological polar surface area (TPSA) is 134 Å². The summed E-state index contributed by atoms with van der Waals surface area (Å²) >= 11 is 0. The molecule has 0 saturated carbocycles. The summed E-state index contributed by atoms with van der Waals surface area (Å²) < 4.78 is 5.13. The number of esters is 1. The monoisotopic (exact) mass is 348 g/mol. The van der Waals surface area contributed by atoms with Gasteiger partial charge >= 0.3 is 11.9 Å². The third kappa shape index (κ3) is 23.1. The first kappa shape index (κ1) is 27.7. The molecule has 146 valence electrons. The van der Waals surface area contributed by atoms with Gasteiger partial charge < -0.3 is 22.1 Å². The van der Waals surface area contributed by atoms with Gasteiger partial charge in [0.2, 0.25) is 0 Å². The van der Waals surface area contributed by atoms with Crippen molar-refractivity contribution in [2.24, 2.45) is 0 Å². The number of aliphatic carboxylic acids is 1. The highest BCUT2D eigenvalue weighted by molar-refractivity contribution is 5.69. The zero-order valence-electron chi connectivity index (χ0n) is 15.7. The van der Waals surface area contributed by atoms with Gasteiger partial charge in [0, 0.05) is 12.8 Å². The highest BCUT2D eigenvalue weighted by atomic mass is 16.5. The molecule has 0 rings (SSSR count). The highest BCUT2D eigenvalue weighted by Crippen LogP contribution is 2.10. The van der Waals surface area contributed by atoms with E-state index in [1.807, 2.05) is 0 Å². The van der Waals surface area contributed by atoms with Crippen molar-refractivity contribution in [2.75, 3.05) is 6.61 Å². The molecule has 7 N–H and O–H groups in total. The summed E-state index contributed by atoms with van der Waals surface area (Å²) in [6.45, 7) is 2.75. The smallest absolute Gasteiger partial charge is 0.305 e. The Kier molecular flexibility index (Phi) is 25.2. The van der Waals surface area contributed by atoms with E-state index in [1.165, 1.54) is 51.4 Å². The molecule has 0 aromatic rings. The average Bonchev–Trinajstić information content (AvgIpc) is 2.49. The van der Waals surface area contributed by atoms with E-state index in [9.17, 15) is 9.59 Å². The molecule has 0 aromatic heterocycles. The molecule has 0 radical (unpaired) electrons. The first-order chi connectivity index (χ1) is 10.7. The first-order valence-corrected chi connectivity index (χ1v) is 9.04. The van der Waals surface area contributed by atoms with Crippen molar-refractivity contribution in [1.29, 1.82) is 0 Å². The molecular weight excluding hydrogens is 308 g/mol. The van der Waals surface area contributed by atoms with Gasteiger partial charge in [-0.1, -0.05) is 64.7 Å². The maximum atomic E-state index is 11.4. The number of hydrogen-bond acceptors (Lipinski definition) is 5. The van der Waals surface area contributed by atoms with Gasteiger partial charge in [-0.05, 0) is 19.3 Å². The molecular formula is C18H40N2O4. The SMILES string of the molecule is CCCCCCCCCCCCOC(=O)CCCCC(=O)O.N.N. The van der Waals surface area contributed by atoms with Crippen LogP contribution in [0.25, 0.3) is 0 Å². The van der Waals surface area contributed by atoms with Gasteiger partial charge in [0.1, 0.15) is 0 Å². The van der Waals surface area contributed by atoms with Crippen LogP contribution < -0.4 is 12.3 Å². The quantitative estimate of drug-likeness (QED) is 0.252. The predicted molar refractivity (Wildman–Crippen MR) is 99.0 cm³/mol. The van der Waals surface area contributed by atoms with Crippen LogP contribution in [0.4, 0.5) is 0 Å². The summed E-state index contributed by atoms with van der Waals surface area (Å²) in [5, 5.41) is 8.48. The maximum absolute atomic E-state index is 11.4. The van der Waals surface area contributed by atoms with Crippen molar-refractivity contribution in [2.45, 2.75) is 96.8 Å². The largest absolute Gasteiger partial charge is 0.481 e. The molecule has 0 fully saturated rings. The van der Waals surface area contributed by atoms with Gasteiger partial charge in [-0.15, -0.1) is 0 Å². The zero-order chi connectivity index (χ0) is 16.5. The van der Waals surface area contributed by atoms with Crippen LogP contribution in [0.5, 0.6) is 0 Å². The second kappa shape index (κ2) is 21.9. The Morgan fingerprint density at radius 3 is 1.67 bits per heavy atom. The molecule has 0 saturated heterocycles. The fourth-order valence-electron chi connectivity index (χ4n) is 2.39. The summed E-state index contributed by atoms with van der Waals surface area (Å²) in [6, 6.07) is 0. The molecule has 6 nitrogen and oxygen atoms in total. The van der Waals surface area contributed by atoms with Crippen LogP contribution in [0.15, 0.2) is 0 Å². The minimum Gasteiger partial charge on any atom is -0.481 e. The number of rotatable bonds is 16. The summed E-state index contributed by atoms with van der Waals surface area (Å²) in [7, 11) is 0. The van der Waals surface area contributed by atoms with Crippen molar-refractivity contribution in [3.8, 4) is 0 Å². The third-order valence-corrected chi connectivity index (χ3v) is 3.78. The molecule has 0 aliphatic rings. The minimum absolute atomic E-state index is 0. The molecule has 0 aromatic carbocycles. The van der Waals surface area contributed by atoms with E-state index < -0.39 is 5.97 Å². The Morgan fingerprint density at radius 1 is 0.708 bits per heavy atom. The van der Waals surface area contributed by atoms with Gasteiger partial charge in [0.15, 0.2) is 0 Å². The van der Waals surface area contributed by atoms with E-state index in [2.05, 4.69) is 6.92 Å². The number of carboxylic acid groups (broad SMARTS) is 1. The molecule has 0 aliphatic heterocycles. The van der Waals surface area contributed by atoms with Crippen LogP contribution in [0.1, 0.15) is 96.8 Å². The fraction of sp³-hybridized carbons (Fsp3) is 0.889. The van der Waals surface area contributed by atoms with E-state index in [0.717, 1.165) is 12.8 Å². The van der Waals surface area contributed by atoms with Gasteiger partial charge in [-0.25, -0.2) is 0 Å². The van der Waals surface area contributed by atoms with E-state index in [0.29, 0.717) is 25.9 Å². The summed E-state index contributed by atoms with van der Waals surface area (Å²) in [5.74, 6) is -1.000. The molecule has 0 heterocycles. The van der Waals surface area contributed by atoms with E-state index in [-0.39, 0.29) is 24.7 Å². The standard InChI is InChI=1S/C18H34O4.2H3N/c1-2-3-4-5-6-7-8-9-10-13-16-22-18(21)15-12-11-14-17(19)20;;/h2-16H2,1H3,(H,19,20);2*1H3. The molecule has 0 spiro atoms. The number of carbonyl (C=O) groups excluding carboxylic acids is 1. The van der Waals surface area contributed by atoms with Crippen molar-refractivity contribution in [3.63, 3.8) is 0 Å². The van der Waals surface area contributed by atoms with Crippen LogP contribution in [0.3, 0.4) is 0 Å². The summed E-state index contributed by atoms with van der Waals surface area (Å²) in [5.41, 5.74) is 0. The lowest BCUT2D eigenvalue weighted by atomic mass is 10.1. The lowest BCUT2D eigenvalue weighted by Crippen LogP contribution is -2.06. The Labute approximate surface area is 147 Å². The van der Waals surface area contributed by atoms with E-state index >= 15 is 0 Å². The number of ether oxygens (including phenoxy) is 1. The maximum Gasteiger partial charge on any atom is 0.305 e. The van der Waals surface area contributed by atoms with Gasteiger partial charge in [0.05, 0.1) is 6.61 Å². The van der Waals surface area contributed by atoms with Crippen LogP contribution in [-0.2, 0) is 14.3 Å². The molecule has 0 aliphatic carbocycles. The molecule has 0 bridgehead atoms. The Balaban J connectivity index is -0.00000220. The number of carbonyl (C=O) groups is 2. The highest BCUT2D eigenvalue weighted by Gasteiger charge is 2.03. The Morgan fingerprint density at radius 2 is 1.17 bits per heavy atom. The van der Waals surface area contributed by atoms with Gasteiger partial charge in [-0.3, -0.25) is 9.59 Å². The molecule has 6 heteroatoms. The third-order valence-electron chi connectivity index (χ3n) is 3.78. The first-order valence-electron chi connectivity index (χ1n) is 9.04. The van der Waals surface area contributed by atoms with Crippen molar-refractivity contribution >= 4 is 11.9 Å². The normalized spacial score (nSPS) is 9.71. The number of unbranched alkanes of at least 4 members (excludes halogenated alkanes) is 10. The van der Waals surface area contributed by atoms with E-state index in [1.54, 1.807) is 0 Å². The molecule has 0 unspecified atom stereocenters. The Hall–Kier alpha value is -1.14. The molecule has 24 heavy (non-hydrogen) atoms. The lowest BCUT2D eigenvalue weighted by molar-refractivity contribution is -0.144. The molecule has 0 amide bonds. The van der Waals surface area contributed by atoms with Crippen molar-refractivity contribution < 1.29 is 19.4 Å². The second-order valence-electron chi connectivity index (χ2n) is 6.00. The second-order valence-corrected chi connectivity index (χ2v) is 6.00. The minimum atomic E-state index is -0.807. The predicted octanol–water partition coefficient (Wildman–Crippen LogP) is 5.42. The Bertz CT molecular complexity index is 286. The lowest BCUT2D eigenvalue weighted by Gasteiger charge is -2.05.